The molecule has 2 heterocycles. The smallest absolute Gasteiger partial charge is 0.319 e. The first-order valence-electron chi connectivity index (χ1n) is 11.3. The summed E-state index contributed by atoms with van der Waals surface area (Å²) >= 11 is 0. The summed E-state index contributed by atoms with van der Waals surface area (Å²) in [5.74, 6) is 0.711. The van der Waals surface area contributed by atoms with Gasteiger partial charge in [-0.1, -0.05) is 48.9 Å². The fourth-order valence-electron chi connectivity index (χ4n) is 5.06. The van der Waals surface area contributed by atoms with Crippen LogP contribution in [0.15, 0.2) is 54.6 Å². The molecule has 0 aliphatic carbocycles. The lowest BCUT2D eigenvalue weighted by Gasteiger charge is -2.49. The minimum absolute atomic E-state index is 0.136. The first kappa shape index (κ1) is 20.7. The topological polar surface area (TPSA) is 53.6 Å². The van der Waals surface area contributed by atoms with Crippen LogP contribution >= 0.6 is 0 Å². The Morgan fingerprint density at radius 3 is 2.47 bits per heavy atom. The number of anilines is 1. The Labute approximate surface area is 179 Å². The molecule has 2 bridgehead atoms. The van der Waals surface area contributed by atoms with Gasteiger partial charge in [-0.3, -0.25) is 4.90 Å². The summed E-state index contributed by atoms with van der Waals surface area (Å²) in [4.78, 5) is 15.4. The van der Waals surface area contributed by atoms with Crippen LogP contribution in [-0.4, -0.2) is 42.2 Å². The highest BCUT2D eigenvalue weighted by Crippen LogP contribution is 2.34. The van der Waals surface area contributed by atoms with Gasteiger partial charge >= 0.3 is 6.03 Å². The largest absolute Gasteiger partial charge is 0.492 e. The van der Waals surface area contributed by atoms with Gasteiger partial charge in [0.1, 0.15) is 5.75 Å². The van der Waals surface area contributed by atoms with Gasteiger partial charge in [-0.15, -0.1) is 0 Å². The number of hydrogen-bond donors (Lipinski definition) is 2. The summed E-state index contributed by atoms with van der Waals surface area (Å²) < 4.78 is 5.62. The lowest BCUT2D eigenvalue weighted by atomic mass is 9.81. The van der Waals surface area contributed by atoms with Crippen molar-refractivity contribution in [3.63, 3.8) is 0 Å². The third-order valence-corrected chi connectivity index (χ3v) is 6.40. The van der Waals surface area contributed by atoms with Gasteiger partial charge in [0.25, 0.3) is 0 Å². The Hall–Kier alpha value is -2.53. The number of nitrogens with zero attached hydrogens (tertiary/aromatic N) is 1. The zero-order chi connectivity index (χ0) is 20.8. The molecule has 4 rings (SSSR count). The molecule has 160 valence electrons. The molecule has 2 fully saturated rings. The van der Waals surface area contributed by atoms with Gasteiger partial charge in [-0.25, -0.2) is 4.79 Å². The van der Waals surface area contributed by atoms with E-state index >= 15 is 0 Å². The number of fused-ring (bicyclic) bond motifs is 2. The number of urea groups is 1. The zero-order valence-corrected chi connectivity index (χ0v) is 17.8. The molecule has 2 amide bonds. The number of para-hydroxylation sites is 2. The molecular weight excluding hydrogens is 374 g/mol. The molecule has 2 N–H and O–H groups in total. The van der Waals surface area contributed by atoms with Crippen molar-refractivity contribution in [3.8, 4) is 5.75 Å². The van der Waals surface area contributed by atoms with Gasteiger partial charge in [0.05, 0.1) is 12.3 Å². The van der Waals surface area contributed by atoms with Crippen molar-refractivity contribution >= 4 is 11.7 Å². The molecule has 5 nitrogen and oxygen atoms in total. The molecule has 0 aromatic heterocycles. The summed E-state index contributed by atoms with van der Waals surface area (Å²) in [5.41, 5.74) is 2.13. The lowest BCUT2D eigenvalue weighted by molar-refractivity contribution is 0.0280. The van der Waals surface area contributed by atoms with Crippen molar-refractivity contribution in [1.82, 2.24) is 10.2 Å². The van der Waals surface area contributed by atoms with Crippen LogP contribution in [0.1, 0.15) is 44.6 Å². The quantitative estimate of drug-likeness (QED) is 0.691. The number of benzene rings is 2. The Balaban J connectivity index is 1.32. The predicted octanol–water partition coefficient (Wildman–Crippen LogP) is 4.84. The number of piperidine rings is 2. The van der Waals surface area contributed by atoms with Crippen LogP contribution in [0, 0.1) is 0 Å². The second kappa shape index (κ2) is 9.98. The molecule has 1 unspecified atom stereocenters. The highest BCUT2D eigenvalue weighted by atomic mass is 16.5. The van der Waals surface area contributed by atoms with E-state index in [1.54, 1.807) is 0 Å². The molecule has 5 heteroatoms. The molecule has 2 aliphatic heterocycles. The van der Waals surface area contributed by atoms with Crippen LogP contribution in [0.4, 0.5) is 10.5 Å². The van der Waals surface area contributed by atoms with E-state index in [1.807, 2.05) is 31.2 Å². The Morgan fingerprint density at radius 2 is 1.73 bits per heavy atom. The maximum Gasteiger partial charge on any atom is 0.319 e. The number of amides is 2. The monoisotopic (exact) mass is 407 g/mol. The van der Waals surface area contributed by atoms with Gasteiger partial charge in [0, 0.05) is 24.7 Å². The van der Waals surface area contributed by atoms with E-state index in [0.29, 0.717) is 24.4 Å². The van der Waals surface area contributed by atoms with Crippen LogP contribution in [0.3, 0.4) is 0 Å². The highest BCUT2D eigenvalue weighted by Gasteiger charge is 2.38. The van der Waals surface area contributed by atoms with E-state index in [1.165, 1.54) is 24.8 Å². The van der Waals surface area contributed by atoms with Gasteiger partial charge in [-0.2, -0.15) is 0 Å². The summed E-state index contributed by atoms with van der Waals surface area (Å²) in [5, 5.41) is 6.20. The molecule has 2 saturated heterocycles. The standard InChI is InChI=1S/C25H33N3O2/c1-2-30-24-14-7-6-13-23(24)27-25(29)26-20-17-21-11-8-12-22(18-20)28(21)16-15-19-9-4-3-5-10-19/h3-7,9-10,13-14,20-22H,2,8,11-12,15-18H2,1H3,(H2,26,27,29)/t20?,21-,22+. The SMILES string of the molecule is CCOc1ccccc1NC(=O)NC1C[C@H]2CCC[C@@H](C1)N2CCc1ccccc1. The second-order valence-corrected chi connectivity index (χ2v) is 8.41. The molecule has 2 aromatic carbocycles. The molecule has 2 aromatic rings. The van der Waals surface area contributed by atoms with Crippen molar-refractivity contribution in [2.24, 2.45) is 0 Å². The van der Waals surface area contributed by atoms with Crippen molar-refractivity contribution < 1.29 is 9.53 Å². The predicted molar refractivity (Wildman–Crippen MR) is 121 cm³/mol. The third-order valence-electron chi connectivity index (χ3n) is 6.40. The number of ether oxygens (including phenoxy) is 1. The summed E-state index contributed by atoms with van der Waals surface area (Å²) in [7, 11) is 0. The van der Waals surface area contributed by atoms with Crippen molar-refractivity contribution in [1.29, 1.82) is 0 Å². The molecule has 0 spiro atoms. The number of carbonyl (C=O) groups excluding carboxylic acids is 1. The Bertz CT molecular complexity index is 812. The fraction of sp³-hybridized carbons (Fsp3) is 0.480. The number of hydrogen-bond acceptors (Lipinski definition) is 3. The normalized spacial score (nSPS) is 23.6. The molecule has 3 atom stereocenters. The summed E-state index contributed by atoms with van der Waals surface area (Å²) in [6.07, 6.45) is 6.94. The maximum atomic E-state index is 12.7. The molecule has 0 saturated carbocycles. The fourth-order valence-corrected chi connectivity index (χ4v) is 5.06. The van der Waals surface area contributed by atoms with Gasteiger partial charge in [-0.05, 0) is 56.7 Å². The Kier molecular flexibility index (Phi) is 6.90. The van der Waals surface area contributed by atoms with Crippen LogP contribution in [0.5, 0.6) is 5.75 Å². The second-order valence-electron chi connectivity index (χ2n) is 8.41. The van der Waals surface area contributed by atoms with E-state index in [0.717, 1.165) is 31.5 Å². The lowest BCUT2D eigenvalue weighted by Crippen LogP contribution is -2.57. The van der Waals surface area contributed by atoms with Gasteiger partial charge < -0.3 is 15.4 Å². The average Bonchev–Trinajstić information content (AvgIpc) is 2.74. The highest BCUT2D eigenvalue weighted by molar-refractivity contribution is 5.91. The number of rotatable bonds is 7. The van der Waals surface area contributed by atoms with E-state index < -0.39 is 0 Å². The maximum absolute atomic E-state index is 12.7. The zero-order valence-electron chi connectivity index (χ0n) is 17.8. The molecule has 30 heavy (non-hydrogen) atoms. The molecule has 2 aliphatic rings. The molecular formula is C25H33N3O2. The number of nitrogens with one attached hydrogen (secondary N) is 2. The van der Waals surface area contributed by atoms with E-state index in [2.05, 4.69) is 45.9 Å². The average molecular weight is 408 g/mol. The first-order valence-corrected chi connectivity index (χ1v) is 11.3. The van der Waals surface area contributed by atoms with Crippen LogP contribution in [0.25, 0.3) is 0 Å². The van der Waals surface area contributed by atoms with Gasteiger partial charge in [0.15, 0.2) is 0 Å². The van der Waals surface area contributed by atoms with Crippen LogP contribution in [-0.2, 0) is 6.42 Å². The first-order chi connectivity index (χ1) is 14.7. The van der Waals surface area contributed by atoms with E-state index in [9.17, 15) is 4.79 Å². The summed E-state index contributed by atoms with van der Waals surface area (Å²) in [6.45, 7) is 3.63. The minimum atomic E-state index is -0.136. The van der Waals surface area contributed by atoms with Crippen molar-refractivity contribution in [3.05, 3.63) is 60.2 Å². The van der Waals surface area contributed by atoms with E-state index in [4.69, 9.17) is 4.74 Å². The summed E-state index contributed by atoms with van der Waals surface area (Å²) in [6, 6.07) is 19.6. The van der Waals surface area contributed by atoms with Crippen molar-refractivity contribution in [2.45, 2.75) is 63.6 Å². The number of carbonyl (C=O) groups is 1. The van der Waals surface area contributed by atoms with Crippen LogP contribution in [0.2, 0.25) is 0 Å². The third kappa shape index (κ3) is 5.14. The van der Waals surface area contributed by atoms with Gasteiger partial charge in [0.2, 0.25) is 0 Å². The Morgan fingerprint density at radius 1 is 1.03 bits per heavy atom. The molecule has 0 radical (unpaired) electrons. The van der Waals surface area contributed by atoms with Crippen molar-refractivity contribution in [2.75, 3.05) is 18.5 Å². The van der Waals surface area contributed by atoms with Crippen LogP contribution < -0.4 is 15.4 Å². The minimum Gasteiger partial charge on any atom is -0.492 e. The van der Waals surface area contributed by atoms with E-state index in [-0.39, 0.29) is 12.1 Å².